The number of aromatic nitrogens is 4. The van der Waals surface area contributed by atoms with E-state index in [1.54, 1.807) is 19.9 Å². The first-order valence-electron chi connectivity index (χ1n) is 10.4. The van der Waals surface area contributed by atoms with Crippen molar-refractivity contribution in [2.75, 3.05) is 25.5 Å². The van der Waals surface area contributed by atoms with Gasteiger partial charge in [0.2, 0.25) is 12.7 Å². The lowest BCUT2D eigenvalue weighted by atomic mass is 10.2. The van der Waals surface area contributed by atoms with Crippen LogP contribution in [0, 0.1) is 5.82 Å². The minimum Gasteiger partial charge on any atom is -0.432 e. The first-order chi connectivity index (χ1) is 16.6. The number of benzene rings is 1. The van der Waals surface area contributed by atoms with Crippen LogP contribution >= 0.6 is 7.60 Å². The van der Waals surface area contributed by atoms with Crippen molar-refractivity contribution >= 4 is 30.9 Å². The molecule has 0 aliphatic rings. The number of halogens is 1. The highest BCUT2D eigenvalue weighted by Gasteiger charge is 2.27. The summed E-state index contributed by atoms with van der Waals surface area (Å²) in [5.74, 6) is -0.552. The number of carbonyl (C=O) groups is 1. The molecule has 2 aromatic heterocycles. The molecular weight excluding hydrogens is 488 g/mol. The molecule has 1 aromatic carbocycles. The van der Waals surface area contributed by atoms with E-state index in [4.69, 9.17) is 29.0 Å². The monoisotopic (exact) mass is 513 g/mol. The second kappa shape index (κ2) is 11.9. The van der Waals surface area contributed by atoms with Gasteiger partial charge < -0.3 is 29.0 Å². The predicted octanol–water partition coefficient (Wildman–Crippen LogP) is 2.76. The summed E-state index contributed by atoms with van der Waals surface area (Å²) in [6.45, 7) is 2.50. The molecule has 15 heteroatoms. The zero-order valence-electron chi connectivity index (χ0n) is 19.0. The zero-order chi connectivity index (χ0) is 25.4. The van der Waals surface area contributed by atoms with Gasteiger partial charge in [-0.3, -0.25) is 18.9 Å². The number of nitrogens with two attached hydrogens (primary N) is 1. The molecule has 0 amide bonds. The van der Waals surface area contributed by atoms with Crippen LogP contribution in [0.2, 0.25) is 0 Å². The van der Waals surface area contributed by atoms with Gasteiger partial charge in [0.05, 0.1) is 25.6 Å². The Morgan fingerprint density at radius 3 is 2.86 bits per heavy atom. The Balaban J connectivity index is 1.59. The Morgan fingerprint density at radius 2 is 2.11 bits per heavy atom. The largest absolute Gasteiger partial charge is 0.510 e. The van der Waals surface area contributed by atoms with E-state index in [9.17, 15) is 18.5 Å². The van der Waals surface area contributed by atoms with E-state index in [0.29, 0.717) is 5.56 Å². The molecule has 3 N–H and O–H groups in total. The van der Waals surface area contributed by atoms with Gasteiger partial charge in [-0.2, -0.15) is 4.98 Å². The molecule has 190 valence electrons. The first-order valence-corrected chi connectivity index (χ1v) is 12.1. The van der Waals surface area contributed by atoms with Crippen molar-refractivity contribution in [3.8, 4) is 0 Å². The number of hydrogen-bond acceptors (Lipinski definition) is 11. The molecule has 0 aliphatic heterocycles. The second-order valence-electron chi connectivity index (χ2n) is 7.42. The van der Waals surface area contributed by atoms with Crippen LogP contribution in [0.4, 0.5) is 15.1 Å². The Kier molecular flexibility index (Phi) is 8.93. The van der Waals surface area contributed by atoms with Crippen molar-refractivity contribution in [1.82, 2.24) is 19.5 Å². The zero-order valence-corrected chi connectivity index (χ0v) is 19.9. The summed E-state index contributed by atoms with van der Waals surface area (Å²) in [5, 5.41) is 0. The highest BCUT2D eigenvalue weighted by atomic mass is 31.2. The molecule has 13 nitrogen and oxygen atoms in total. The fourth-order valence-corrected chi connectivity index (χ4v) is 3.90. The summed E-state index contributed by atoms with van der Waals surface area (Å²) in [6.07, 6.45) is -0.540. The van der Waals surface area contributed by atoms with Gasteiger partial charge >= 0.3 is 13.8 Å². The molecule has 0 saturated heterocycles. The lowest BCUT2D eigenvalue weighted by Gasteiger charge is -2.19. The normalized spacial score (nSPS) is 13.1. The van der Waals surface area contributed by atoms with Crippen molar-refractivity contribution in [3.05, 3.63) is 52.3 Å². The third kappa shape index (κ3) is 7.86. The average molecular weight is 513 g/mol. The number of rotatable bonds is 12. The molecule has 0 spiro atoms. The van der Waals surface area contributed by atoms with Crippen LogP contribution in [0.5, 0.6) is 0 Å². The number of fused-ring (bicyclic) bond motifs is 1. The number of nitrogen functional groups attached to an aromatic ring is 1. The van der Waals surface area contributed by atoms with Crippen molar-refractivity contribution < 1.29 is 37.0 Å². The van der Waals surface area contributed by atoms with E-state index in [1.165, 1.54) is 29.1 Å². The van der Waals surface area contributed by atoms with Crippen LogP contribution in [0.1, 0.15) is 19.4 Å². The maximum absolute atomic E-state index is 13.4. The second-order valence-corrected chi connectivity index (χ2v) is 9.42. The van der Waals surface area contributed by atoms with Crippen LogP contribution in [-0.4, -0.2) is 51.5 Å². The number of nitrogens with one attached hydrogen (secondary N) is 1. The lowest BCUT2D eigenvalue weighted by molar-refractivity contribution is -0.0164. The third-order valence-corrected chi connectivity index (χ3v) is 5.81. The molecule has 35 heavy (non-hydrogen) atoms. The fraction of sp³-hybridized carbons (Fsp3) is 0.400. The van der Waals surface area contributed by atoms with Gasteiger partial charge in [0.1, 0.15) is 12.2 Å². The summed E-state index contributed by atoms with van der Waals surface area (Å²) in [7, 11) is -3.95. The third-order valence-electron chi connectivity index (χ3n) is 4.29. The first kappa shape index (κ1) is 26.3. The van der Waals surface area contributed by atoms with Gasteiger partial charge in [0.25, 0.3) is 5.56 Å². The van der Waals surface area contributed by atoms with Gasteiger partial charge in [0, 0.05) is 6.54 Å². The van der Waals surface area contributed by atoms with E-state index in [-0.39, 0.29) is 36.9 Å². The highest BCUT2D eigenvalue weighted by Crippen LogP contribution is 2.49. The quantitative estimate of drug-likeness (QED) is 0.158. The lowest BCUT2D eigenvalue weighted by Crippen LogP contribution is -2.16. The van der Waals surface area contributed by atoms with E-state index in [1.807, 2.05) is 0 Å². The molecular formula is C20H25FN5O8P. The topological polar surface area (TPSA) is 170 Å². The summed E-state index contributed by atoms with van der Waals surface area (Å²) in [4.78, 5) is 33.8. The van der Waals surface area contributed by atoms with E-state index in [2.05, 4.69) is 15.0 Å². The van der Waals surface area contributed by atoms with Crippen molar-refractivity contribution in [2.24, 2.45) is 0 Å². The molecule has 3 aromatic rings. The highest BCUT2D eigenvalue weighted by molar-refractivity contribution is 7.53. The molecule has 3 rings (SSSR count). The van der Waals surface area contributed by atoms with E-state index >= 15 is 0 Å². The van der Waals surface area contributed by atoms with Crippen molar-refractivity contribution in [1.29, 1.82) is 0 Å². The van der Waals surface area contributed by atoms with Gasteiger partial charge in [-0.15, -0.1) is 0 Å². The fourth-order valence-electron chi connectivity index (χ4n) is 2.77. The van der Waals surface area contributed by atoms with Gasteiger partial charge in [-0.1, -0.05) is 12.1 Å². The molecule has 0 radical (unpaired) electrons. The number of H-pyrrole nitrogens is 1. The summed E-state index contributed by atoms with van der Waals surface area (Å²) >= 11 is 0. The molecule has 0 aliphatic carbocycles. The summed E-state index contributed by atoms with van der Waals surface area (Å²) in [5.41, 5.74) is 5.87. The van der Waals surface area contributed by atoms with Gasteiger partial charge in [-0.05, 0) is 31.5 Å². The standard InChI is InChI=1S/C20H25FN5O8P/c1-13(2)34-20(28)31-11-33-35(29,32-9-14-4-3-5-15(21)8-14)12-30-7-6-26-10-23-16-17(26)24-19(22)25-18(16)27/h3-5,8,10,13H,6-7,9,11-12H2,1-2H3,(H3,22,24,25,27). The van der Waals surface area contributed by atoms with Crippen LogP contribution < -0.4 is 11.3 Å². The Bertz CT molecular complexity index is 1260. The van der Waals surface area contributed by atoms with Gasteiger partial charge in [-0.25, -0.2) is 14.2 Å². The van der Waals surface area contributed by atoms with Crippen molar-refractivity contribution in [3.63, 3.8) is 0 Å². The minimum atomic E-state index is -3.95. The Labute approximate surface area is 198 Å². The molecule has 1 atom stereocenters. The SMILES string of the molecule is CC(C)OC(=O)OCOP(=O)(COCCn1cnc2c(=O)[nH]c(N)nc21)OCc1cccc(F)c1. The Hall–Kier alpha value is -3.32. The predicted molar refractivity (Wildman–Crippen MR) is 121 cm³/mol. The molecule has 1 unspecified atom stereocenters. The Morgan fingerprint density at radius 1 is 1.31 bits per heavy atom. The number of imidazole rings is 1. The number of aromatic amines is 1. The molecule has 0 fully saturated rings. The van der Waals surface area contributed by atoms with Crippen molar-refractivity contribution in [2.45, 2.75) is 33.1 Å². The number of anilines is 1. The maximum Gasteiger partial charge on any atom is 0.510 e. The van der Waals surface area contributed by atoms with Crippen LogP contribution in [0.3, 0.4) is 0 Å². The summed E-state index contributed by atoms with van der Waals surface area (Å²) < 4.78 is 53.7. The van der Waals surface area contributed by atoms with Crippen LogP contribution in [0.15, 0.2) is 35.4 Å². The maximum atomic E-state index is 13.4. The smallest absolute Gasteiger partial charge is 0.432 e. The van der Waals surface area contributed by atoms with Crippen LogP contribution in [-0.2, 0) is 41.0 Å². The molecule has 0 bridgehead atoms. The number of carbonyl (C=O) groups excluding carboxylic acids is 1. The number of ether oxygens (including phenoxy) is 3. The summed E-state index contributed by atoms with van der Waals surface area (Å²) in [6, 6.07) is 5.53. The van der Waals surface area contributed by atoms with E-state index < -0.39 is 44.4 Å². The number of hydrogen-bond donors (Lipinski definition) is 2. The average Bonchev–Trinajstić information content (AvgIpc) is 3.18. The minimum absolute atomic E-state index is 0.00671. The van der Waals surface area contributed by atoms with E-state index in [0.717, 1.165) is 0 Å². The van der Waals surface area contributed by atoms with Gasteiger partial charge in [0.15, 0.2) is 11.2 Å². The molecule has 2 heterocycles. The number of nitrogens with zero attached hydrogens (tertiary/aromatic N) is 3. The van der Waals surface area contributed by atoms with Crippen LogP contribution in [0.25, 0.3) is 11.2 Å². The molecule has 0 saturated carbocycles.